The number of hydrogen-bond acceptors (Lipinski definition) is 13. The molecule has 15 nitrogen and oxygen atoms in total. The monoisotopic (exact) mass is 475 g/mol. The minimum atomic E-state index is -3.13. The highest BCUT2D eigenvalue weighted by atomic mass is 31.1. The fourth-order valence-corrected chi connectivity index (χ4v) is 3.26. The van der Waals surface area contributed by atoms with Crippen molar-refractivity contribution in [2.75, 3.05) is 24.7 Å². The summed E-state index contributed by atoms with van der Waals surface area (Å²) in [6.45, 7) is -1.81. The lowest BCUT2D eigenvalue weighted by atomic mass is 10.1. The molecule has 0 spiro atoms. The highest BCUT2D eigenvalue weighted by molar-refractivity contribution is 7.33. The summed E-state index contributed by atoms with van der Waals surface area (Å²) in [5.74, 6) is -2.23. The van der Waals surface area contributed by atoms with Crippen LogP contribution in [0.15, 0.2) is 34.1 Å². The maximum absolute atomic E-state index is 12.1. The summed E-state index contributed by atoms with van der Waals surface area (Å²) in [6.07, 6.45) is -1.12. The van der Waals surface area contributed by atoms with Crippen LogP contribution in [0, 0.1) is 11.8 Å². The minimum Gasteiger partial charge on any atom is -0.396 e. The molecular weight excluding hydrogens is 451 g/mol. The first-order chi connectivity index (χ1) is 15.1. The first-order valence-corrected chi connectivity index (χ1v) is 10.3. The van der Waals surface area contributed by atoms with Crippen LogP contribution in [0.1, 0.15) is 0 Å². The number of rotatable bonds is 12. The molecule has 16 heteroatoms. The molecular formula is C16H24N6O9P+. The van der Waals surface area contributed by atoms with E-state index in [1.807, 2.05) is 0 Å². The molecule has 0 bridgehead atoms. The minimum absolute atomic E-state index is 0.00971. The predicted octanol–water partition coefficient (Wildman–Crippen LogP) is -2.79. The van der Waals surface area contributed by atoms with E-state index >= 15 is 0 Å². The number of nitrogen functional groups attached to an aromatic ring is 2. The lowest BCUT2D eigenvalue weighted by Crippen LogP contribution is -2.35. The van der Waals surface area contributed by atoms with Crippen LogP contribution in [0.5, 0.6) is 0 Å². The number of anilines is 2. The number of hydrogen-bond donors (Lipinski definition) is 6. The molecule has 0 radical (unpaired) electrons. The van der Waals surface area contributed by atoms with Crippen LogP contribution >= 0.6 is 8.25 Å². The van der Waals surface area contributed by atoms with Gasteiger partial charge in [-0.1, -0.05) is 9.05 Å². The molecule has 0 amide bonds. The first-order valence-electron chi connectivity index (χ1n) is 9.19. The Morgan fingerprint density at radius 1 is 0.875 bits per heavy atom. The van der Waals surface area contributed by atoms with Gasteiger partial charge in [-0.05, 0) is 12.1 Å². The van der Waals surface area contributed by atoms with Gasteiger partial charge in [0.15, 0.2) is 0 Å². The van der Waals surface area contributed by atoms with E-state index in [0.717, 1.165) is 9.13 Å². The summed E-state index contributed by atoms with van der Waals surface area (Å²) >= 11 is 0. The van der Waals surface area contributed by atoms with E-state index < -0.39 is 57.3 Å². The molecule has 2 unspecified atom stereocenters. The number of aromatic nitrogens is 4. The lowest BCUT2D eigenvalue weighted by Gasteiger charge is -2.19. The fraction of sp³-hybridized carbons (Fsp3) is 0.500. The van der Waals surface area contributed by atoms with Gasteiger partial charge in [0.05, 0.1) is 25.0 Å². The first kappa shape index (κ1) is 25.5. The molecule has 0 fully saturated rings. The zero-order valence-corrected chi connectivity index (χ0v) is 17.6. The van der Waals surface area contributed by atoms with E-state index in [9.17, 15) is 34.6 Å². The van der Waals surface area contributed by atoms with Crippen molar-refractivity contribution in [3.63, 3.8) is 0 Å². The van der Waals surface area contributed by atoms with Crippen LogP contribution in [0.3, 0.4) is 0 Å². The van der Waals surface area contributed by atoms with Gasteiger partial charge >= 0.3 is 19.6 Å². The van der Waals surface area contributed by atoms with Gasteiger partial charge in [-0.3, -0.25) is 9.13 Å². The number of aliphatic hydroxyl groups is 4. The van der Waals surface area contributed by atoms with Gasteiger partial charge in [-0.15, -0.1) is 0 Å². The maximum Gasteiger partial charge on any atom is 0.702 e. The molecule has 0 saturated carbocycles. The van der Waals surface area contributed by atoms with Crippen LogP contribution in [-0.2, 0) is 26.7 Å². The Kier molecular flexibility index (Phi) is 9.34. The SMILES string of the molecule is Nc1ccn(C[C@@H](CO)C(O)O[P+](=O)OC(O)[C@H](CO)Cn2ccc(N)nc2=O)c(=O)n1. The van der Waals surface area contributed by atoms with Crippen molar-refractivity contribution in [2.45, 2.75) is 25.7 Å². The summed E-state index contributed by atoms with van der Waals surface area (Å²) in [6, 6.07) is 2.67. The zero-order valence-electron chi connectivity index (χ0n) is 16.7. The highest BCUT2D eigenvalue weighted by Gasteiger charge is 2.37. The van der Waals surface area contributed by atoms with Crippen LogP contribution in [0.25, 0.3) is 0 Å². The van der Waals surface area contributed by atoms with Crippen molar-refractivity contribution in [1.29, 1.82) is 0 Å². The topological polar surface area (TPSA) is 238 Å². The Balaban J connectivity index is 1.96. The Labute approximate surface area is 181 Å². The summed E-state index contributed by atoms with van der Waals surface area (Å²) in [7, 11) is -3.13. The standard InChI is InChI=1S/C16H23N6O9P/c17-11-1-3-21(15(27)19-11)5-9(7-23)13(25)30-32(29)31-14(26)10(8-24)6-22-4-2-12(18)20-16(22)28/h1-4,9-10,13-14,23-26H,5-8H2,(H3-,17,18,19,20,27,28)/p+1/t9-,10-,13?,14?/m0/s1. The Bertz CT molecular complexity index is 952. The molecule has 0 aliphatic carbocycles. The van der Waals surface area contributed by atoms with Crippen molar-refractivity contribution in [3.8, 4) is 0 Å². The second kappa shape index (κ2) is 11.7. The zero-order chi connectivity index (χ0) is 23.8. The average molecular weight is 475 g/mol. The maximum atomic E-state index is 12.1. The van der Waals surface area contributed by atoms with Gasteiger partial charge in [-0.25, -0.2) is 9.59 Å². The van der Waals surface area contributed by atoms with Crippen LogP contribution < -0.4 is 22.8 Å². The molecule has 0 aliphatic heterocycles. The molecule has 2 rings (SSSR count). The highest BCUT2D eigenvalue weighted by Crippen LogP contribution is 2.31. The summed E-state index contributed by atoms with van der Waals surface area (Å²) < 4.78 is 23.7. The van der Waals surface area contributed by atoms with Crippen molar-refractivity contribution in [2.24, 2.45) is 11.8 Å². The molecule has 2 aromatic heterocycles. The number of aliphatic hydroxyl groups excluding tert-OH is 4. The van der Waals surface area contributed by atoms with Crippen molar-refractivity contribution < 1.29 is 34.0 Å². The molecule has 2 heterocycles. The second-order valence-corrected chi connectivity index (χ2v) is 7.54. The second-order valence-electron chi connectivity index (χ2n) is 6.68. The number of nitrogens with two attached hydrogens (primary N) is 2. The van der Waals surface area contributed by atoms with Crippen molar-refractivity contribution in [3.05, 3.63) is 45.5 Å². The third kappa shape index (κ3) is 7.13. The Hall–Kier alpha value is -2.78. The normalized spacial score (nSPS) is 15.7. The smallest absolute Gasteiger partial charge is 0.396 e. The molecule has 32 heavy (non-hydrogen) atoms. The molecule has 0 aromatic carbocycles. The van der Waals surface area contributed by atoms with Gasteiger partial charge < -0.3 is 31.9 Å². The third-order valence-electron chi connectivity index (χ3n) is 4.32. The van der Waals surface area contributed by atoms with Gasteiger partial charge in [0, 0.05) is 30.0 Å². The van der Waals surface area contributed by atoms with Crippen LogP contribution in [0.2, 0.25) is 0 Å². The van der Waals surface area contributed by atoms with E-state index in [-0.39, 0.29) is 24.7 Å². The van der Waals surface area contributed by atoms with E-state index in [2.05, 4.69) is 9.97 Å². The van der Waals surface area contributed by atoms with E-state index in [0.29, 0.717) is 0 Å². The van der Waals surface area contributed by atoms with Gasteiger partial charge in [-0.2, -0.15) is 9.97 Å². The molecule has 0 saturated heterocycles. The molecule has 0 aliphatic rings. The molecule has 176 valence electrons. The van der Waals surface area contributed by atoms with Crippen LogP contribution in [-0.4, -0.2) is 65.3 Å². The Morgan fingerprint density at radius 2 is 1.25 bits per heavy atom. The average Bonchev–Trinajstić information content (AvgIpc) is 2.72. The summed E-state index contributed by atoms with van der Waals surface area (Å²) in [5, 5.41) is 39.1. The van der Waals surface area contributed by atoms with E-state index in [4.69, 9.17) is 20.5 Å². The molecule has 8 N–H and O–H groups in total. The molecule has 2 aromatic rings. The van der Waals surface area contributed by atoms with Crippen LogP contribution in [0.4, 0.5) is 11.6 Å². The summed E-state index contributed by atoms with van der Waals surface area (Å²) in [5.41, 5.74) is 9.32. The summed E-state index contributed by atoms with van der Waals surface area (Å²) in [4.78, 5) is 30.6. The number of nitrogens with zero attached hydrogens (tertiary/aromatic N) is 4. The van der Waals surface area contributed by atoms with Gasteiger partial charge in [0.2, 0.25) is 12.6 Å². The van der Waals surface area contributed by atoms with Gasteiger partial charge in [0.25, 0.3) is 0 Å². The van der Waals surface area contributed by atoms with Crippen molar-refractivity contribution >= 4 is 19.9 Å². The lowest BCUT2D eigenvalue weighted by molar-refractivity contribution is -0.115. The quantitative estimate of drug-likeness (QED) is 0.135. The predicted molar refractivity (Wildman–Crippen MR) is 109 cm³/mol. The van der Waals surface area contributed by atoms with Gasteiger partial charge in [0.1, 0.15) is 11.6 Å². The van der Waals surface area contributed by atoms with E-state index in [1.54, 1.807) is 0 Å². The van der Waals surface area contributed by atoms with Crippen molar-refractivity contribution in [1.82, 2.24) is 19.1 Å². The third-order valence-corrected chi connectivity index (χ3v) is 5.09. The Morgan fingerprint density at radius 3 is 1.56 bits per heavy atom. The largest absolute Gasteiger partial charge is 0.702 e. The fourth-order valence-electron chi connectivity index (χ4n) is 2.52. The van der Waals surface area contributed by atoms with E-state index in [1.165, 1.54) is 24.5 Å². The molecule has 4 atom stereocenters.